The molecule has 2 bridgehead atoms. The number of esters is 1. The molecule has 0 N–H and O–H groups in total. The number of carbonyl (C=O) groups is 1. The highest BCUT2D eigenvalue weighted by atomic mass is 16.5. The number of carbonyl (C=O) groups excluding carboxylic acids is 1. The van der Waals surface area contributed by atoms with E-state index in [2.05, 4.69) is 6.92 Å². The average Bonchev–Trinajstić information content (AvgIpc) is 2.56. The topological polar surface area (TPSA) is 26.3 Å². The van der Waals surface area contributed by atoms with Crippen LogP contribution in [0.3, 0.4) is 0 Å². The van der Waals surface area contributed by atoms with E-state index in [4.69, 9.17) is 4.74 Å². The van der Waals surface area contributed by atoms with Crippen molar-refractivity contribution in [3.05, 3.63) is 0 Å². The second kappa shape index (κ2) is 6.30. The Morgan fingerprint density at radius 3 is 2.38 bits per heavy atom. The molecule has 1 aliphatic heterocycles. The quantitative estimate of drug-likeness (QED) is 0.650. The van der Waals surface area contributed by atoms with Gasteiger partial charge in [-0.2, -0.15) is 0 Å². The van der Waals surface area contributed by atoms with Gasteiger partial charge in [-0.3, -0.25) is 4.79 Å². The summed E-state index contributed by atoms with van der Waals surface area (Å²) in [4.78, 5) is 12.9. The first-order valence-corrected chi connectivity index (χ1v) is 9.38. The van der Waals surface area contributed by atoms with Gasteiger partial charge in [0, 0.05) is 0 Å². The lowest BCUT2D eigenvalue weighted by Crippen LogP contribution is -2.42. The second-order valence-electron chi connectivity index (χ2n) is 7.98. The van der Waals surface area contributed by atoms with Crippen LogP contribution in [0.2, 0.25) is 0 Å². The maximum absolute atomic E-state index is 12.9. The van der Waals surface area contributed by atoms with Gasteiger partial charge in [0.25, 0.3) is 0 Å². The molecule has 21 heavy (non-hydrogen) atoms. The lowest BCUT2D eigenvalue weighted by atomic mass is 9.63. The molecule has 1 saturated heterocycles. The van der Waals surface area contributed by atoms with Crippen LogP contribution in [-0.4, -0.2) is 12.6 Å². The van der Waals surface area contributed by atoms with Crippen molar-refractivity contribution in [1.82, 2.24) is 0 Å². The number of ether oxygens (including phenoxy) is 1. The summed E-state index contributed by atoms with van der Waals surface area (Å²) in [6, 6.07) is 0. The molecular weight excluding hydrogens is 260 g/mol. The summed E-state index contributed by atoms with van der Waals surface area (Å²) in [6.45, 7) is 2.94. The molecular formula is C19H32O2. The Bertz CT molecular complexity index is 364. The molecule has 3 aliphatic carbocycles. The van der Waals surface area contributed by atoms with Gasteiger partial charge in [-0.05, 0) is 69.1 Å². The maximum Gasteiger partial charge on any atom is 0.312 e. The summed E-state index contributed by atoms with van der Waals surface area (Å²) in [5.41, 5.74) is 0.445. The van der Waals surface area contributed by atoms with Crippen LogP contribution in [0.1, 0.15) is 90.4 Å². The van der Waals surface area contributed by atoms with Crippen LogP contribution < -0.4 is 0 Å². The lowest BCUT2D eigenvalue weighted by molar-refractivity contribution is -0.163. The largest absolute Gasteiger partial charge is 0.465 e. The van der Waals surface area contributed by atoms with E-state index in [9.17, 15) is 4.79 Å². The van der Waals surface area contributed by atoms with Crippen molar-refractivity contribution < 1.29 is 9.53 Å². The van der Waals surface area contributed by atoms with Crippen LogP contribution in [0.15, 0.2) is 0 Å². The summed E-state index contributed by atoms with van der Waals surface area (Å²) in [7, 11) is 0. The predicted molar refractivity (Wildman–Crippen MR) is 85.0 cm³/mol. The van der Waals surface area contributed by atoms with Crippen LogP contribution in [0.4, 0.5) is 0 Å². The third kappa shape index (κ3) is 2.87. The molecule has 3 saturated carbocycles. The van der Waals surface area contributed by atoms with Gasteiger partial charge in [0.15, 0.2) is 0 Å². The highest BCUT2D eigenvalue weighted by molar-refractivity contribution is 5.77. The highest BCUT2D eigenvalue weighted by Gasteiger charge is 2.49. The summed E-state index contributed by atoms with van der Waals surface area (Å²) in [6.07, 6.45) is 16.2. The van der Waals surface area contributed by atoms with E-state index in [-0.39, 0.29) is 11.4 Å². The van der Waals surface area contributed by atoms with E-state index in [1.165, 1.54) is 64.2 Å². The van der Waals surface area contributed by atoms with Gasteiger partial charge >= 0.3 is 5.97 Å². The lowest BCUT2D eigenvalue weighted by Gasteiger charge is -2.43. The highest BCUT2D eigenvalue weighted by Crippen LogP contribution is 2.54. The van der Waals surface area contributed by atoms with Crippen LogP contribution in [0, 0.1) is 16.7 Å². The van der Waals surface area contributed by atoms with E-state index in [1.54, 1.807) is 0 Å². The van der Waals surface area contributed by atoms with E-state index >= 15 is 0 Å². The second-order valence-corrected chi connectivity index (χ2v) is 7.98. The third-order valence-electron chi connectivity index (χ3n) is 6.83. The van der Waals surface area contributed by atoms with Gasteiger partial charge in [-0.15, -0.1) is 0 Å². The van der Waals surface area contributed by atoms with Gasteiger partial charge in [0.1, 0.15) is 0 Å². The number of hydrogen-bond acceptors (Lipinski definition) is 2. The molecule has 1 atom stereocenters. The molecule has 120 valence electrons. The summed E-state index contributed by atoms with van der Waals surface area (Å²) in [5, 5.41) is 0. The fourth-order valence-electron chi connectivity index (χ4n) is 5.74. The number of cyclic esters (lactones) is 1. The zero-order chi connectivity index (χ0) is 14.8. The standard InChI is InChI=1S/C19H32O2/c1-2-7-16-8-3-9-18-10-4-13-19(16,14-5-11-18)17(20)21-15-6-12-18/h16H,2-15H2,1H3. The van der Waals surface area contributed by atoms with E-state index in [1.807, 2.05) is 0 Å². The van der Waals surface area contributed by atoms with Crippen LogP contribution in [-0.2, 0) is 9.53 Å². The number of fused-ring (bicyclic) bond motifs is 5. The fraction of sp³-hybridized carbons (Fsp3) is 0.947. The Hall–Kier alpha value is -0.530. The van der Waals surface area contributed by atoms with E-state index in [0.717, 1.165) is 19.3 Å². The third-order valence-corrected chi connectivity index (χ3v) is 6.83. The molecule has 1 heterocycles. The molecule has 1 unspecified atom stereocenters. The monoisotopic (exact) mass is 292 g/mol. The van der Waals surface area contributed by atoms with Gasteiger partial charge < -0.3 is 4.74 Å². The zero-order valence-electron chi connectivity index (χ0n) is 13.8. The maximum atomic E-state index is 12.9. The molecule has 2 nitrogen and oxygen atoms in total. The predicted octanol–water partition coefficient (Wildman–Crippen LogP) is 5.25. The Balaban J connectivity index is 1.99. The normalized spacial score (nSPS) is 41.0. The number of rotatable bonds is 2. The Morgan fingerprint density at radius 2 is 1.67 bits per heavy atom. The molecule has 0 spiro atoms. The molecule has 2 heteroatoms. The van der Waals surface area contributed by atoms with Crippen molar-refractivity contribution in [2.75, 3.05) is 6.61 Å². The van der Waals surface area contributed by atoms with Crippen molar-refractivity contribution in [3.8, 4) is 0 Å². The summed E-state index contributed by atoms with van der Waals surface area (Å²) in [5.74, 6) is 0.735. The Labute approximate surface area is 130 Å². The molecule has 0 aromatic carbocycles. The zero-order valence-corrected chi connectivity index (χ0v) is 13.8. The van der Waals surface area contributed by atoms with Gasteiger partial charge in [-0.25, -0.2) is 0 Å². The first-order valence-electron chi connectivity index (χ1n) is 9.38. The molecule has 0 aromatic rings. The molecule has 4 rings (SSSR count). The average molecular weight is 292 g/mol. The Morgan fingerprint density at radius 1 is 1.00 bits per heavy atom. The summed E-state index contributed by atoms with van der Waals surface area (Å²) < 4.78 is 5.77. The van der Waals surface area contributed by atoms with Crippen LogP contribution in [0.25, 0.3) is 0 Å². The van der Waals surface area contributed by atoms with Gasteiger partial charge in [0.2, 0.25) is 0 Å². The minimum atomic E-state index is -0.135. The van der Waals surface area contributed by atoms with Crippen LogP contribution in [0.5, 0.6) is 0 Å². The van der Waals surface area contributed by atoms with Crippen molar-refractivity contribution in [2.45, 2.75) is 90.4 Å². The van der Waals surface area contributed by atoms with Gasteiger partial charge in [-0.1, -0.05) is 32.6 Å². The van der Waals surface area contributed by atoms with Crippen molar-refractivity contribution >= 4 is 5.97 Å². The van der Waals surface area contributed by atoms with Gasteiger partial charge in [0.05, 0.1) is 12.0 Å². The smallest absolute Gasteiger partial charge is 0.312 e. The van der Waals surface area contributed by atoms with E-state index in [0.29, 0.717) is 17.9 Å². The first-order chi connectivity index (χ1) is 10.2. The molecule has 4 fully saturated rings. The number of hydrogen-bond donors (Lipinski definition) is 0. The minimum Gasteiger partial charge on any atom is -0.465 e. The fourth-order valence-corrected chi connectivity index (χ4v) is 5.74. The molecule has 4 aliphatic rings. The Kier molecular flexibility index (Phi) is 4.61. The summed E-state index contributed by atoms with van der Waals surface area (Å²) >= 11 is 0. The van der Waals surface area contributed by atoms with Crippen LogP contribution >= 0.6 is 0 Å². The first kappa shape index (κ1) is 15.4. The molecule has 0 amide bonds. The molecule has 0 radical (unpaired) electrons. The SMILES string of the molecule is CCCC1CCCC23CCCOC(=O)C1(CCC2)CCC3. The minimum absolute atomic E-state index is 0.135. The van der Waals surface area contributed by atoms with E-state index < -0.39 is 0 Å². The van der Waals surface area contributed by atoms with Crippen molar-refractivity contribution in [1.29, 1.82) is 0 Å². The van der Waals surface area contributed by atoms with Crippen molar-refractivity contribution in [2.24, 2.45) is 16.7 Å². The molecule has 0 aromatic heterocycles. The van der Waals surface area contributed by atoms with Crippen molar-refractivity contribution in [3.63, 3.8) is 0 Å².